The fourth-order valence-electron chi connectivity index (χ4n) is 4.06. The lowest BCUT2D eigenvalue weighted by molar-refractivity contribution is 0.439. The van der Waals surface area contributed by atoms with Gasteiger partial charge in [-0.2, -0.15) is 0 Å². The molecule has 0 radical (unpaired) electrons. The van der Waals surface area contributed by atoms with Crippen LogP contribution in [0.15, 0.2) is 41.0 Å². The molecule has 0 saturated carbocycles. The first kappa shape index (κ1) is 13.0. The minimum Gasteiger partial charge on any atom is -0.469 e. The molecule has 3 nitrogen and oxygen atoms in total. The van der Waals surface area contributed by atoms with Gasteiger partial charge in [0.1, 0.15) is 5.76 Å². The summed E-state index contributed by atoms with van der Waals surface area (Å²) in [5.41, 5.74) is 10.1. The van der Waals surface area contributed by atoms with Gasteiger partial charge in [0.25, 0.3) is 0 Å². The molecule has 0 amide bonds. The quantitative estimate of drug-likeness (QED) is 0.935. The van der Waals surface area contributed by atoms with Gasteiger partial charge < -0.3 is 15.1 Å². The van der Waals surface area contributed by atoms with E-state index in [1.165, 1.54) is 35.4 Å². The predicted molar refractivity (Wildman–Crippen MR) is 84.6 cm³/mol. The SMILES string of the molecule is NCCC1CN(C2CCCc3occc32)c2ccccc21. The zero-order chi connectivity index (χ0) is 14.2. The van der Waals surface area contributed by atoms with Crippen molar-refractivity contribution >= 4 is 5.69 Å². The standard InChI is InChI=1S/C18H22N2O/c19-10-8-13-12-20(16-5-2-1-4-14(13)16)17-6-3-7-18-15(17)9-11-21-18/h1-2,4-5,9,11,13,17H,3,6-8,10,12,19H2. The summed E-state index contributed by atoms with van der Waals surface area (Å²) in [6.07, 6.45) is 6.43. The number of hydrogen-bond acceptors (Lipinski definition) is 3. The lowest BCUT2D eigenvalue weighted by Gasteiger charge is -2.33. The minimum atomic E-state index is 0.469. The zero-order valence-electron chi connectivity index (χ0n) is 12.3. The zero-order valence-corrected chi connectivity index (χ0v) is 12.3. The van der Waals surface area contributed by atoms with Crippen LogP contribution in [0, 0.1) is 0 Å². The van der Waals surface area contributed by atoms with Crippen LogP contribution in [0.4, 0.5) is 5.69 Å². The van der Waals surface area contributed by atoms with E-state index in [0.29, 0.717) is 12.0 Å². The van der Waals surface area contributed by atoms with Crippen LogP contribution in [0.3, 0.4) is 0 Å². The topological polar surface area (TPSA) is 42.4 Å². The Labute approximate surface area is 125 Å². The average Bonchev–Trinajstić information content (AvgIpc) is 3.12. The highest BCUT2D eigenvalue weighted by Crippen LogP contribution is 2.45. The summed E-state index contributed by atoms with van der Waals surface area (Å²) in [5.74, 6) is 1.76. The average molecular weight is 282 g/mol. The Morgan fingerprint density at radius 1 is 1.19 bits per heavy atom. The third kappa shape index (κ3) is 2.07. The van der Waals surface area contributed by atoms with Gasteiger partial charge in [0.05, 0.1) is 12.3 Å². The molecule has 110 valence electrons. The number of aryl methyl sites for hydroxylation is 1. The van der Waals surface area contributed by atoms with Crippen LogP contribution in [0.5, 0.6) is 0 Å². The van der Waals surface area contributed by atoms with Gasteiger partial charge in [0.15, 0.2) is 0 Å². The maximum Gasteiger partial charge on any atom is 0.109 e. The first-order valence-electron chi connectivity index (χ1n) is 8.00. The van der Waals surface area contributed by atoms with Crippen molar-refractivity contribution in [3.05, 3.63) is 53.5 Å². The number of rotatable bonds is 3. The summed E-state index contributed by atoms with van der Waals surface area (Å²) in [4.78, 5) is 2.59. The third-order valence-corrected chi connectivity index (χ3v) is 5.01. The Balaban J connectivity index is 1.71. The molecule has 0 fully saturated rings. The van der Waals surface area contributed by atoms with Crippen molar-refractivity contribution in [2.45, 2.75) is 37.6 Å². The third-order valence-electron chi connectivity index (χ3n) is 5.01. The van der Waals surface area contributed by atoms with E-state index in [1.54, 1.807) is 0 Å². The number of fused-ring (bicyclic) bond motifs is 2. The van der Waals surface area contributed by atoms with Crippen molar-refractivity contribution in [1.82, 2.24) is 0 Å². The van der Waals surface area contributed by atoms with Crippen molar-refractivity contribution in [2.75, 3.05) is 18.0 Å². The van der Waals surface area contributed by atoms with Gasteiger partial charge in [-0.25, -0.2) is 0 Å². The summed E-state index contributed by atoms with van der Waals surface area (Å²) in [5, 5.41) is 0. The Bertz CT molecular complexity index is 634. The Morgan fingerprint density at radius 3 is 3.00 bits per heavy atom. The van der Waals surface area contributed by atoms with Crippen LogP contribution < -0.4 is 10.6 Å². The summed E-state index contributed by atoms with van der Waals surface area (Å²) >= 11 is 0. The molecule has 21 heavy (non-hydrogen) atoms. The van der Waals surface area contributed by atoms with Crippen molar-refractivity contribution in [1.29, 1.82) is 0 Å². The number of nitrogens with two attached hydrogens (primary N) is 1. The van der Waals surface area contributed by atoms with Gasteiger partial charge >= 0.3 is 0 Å². The number of furan rings is 1. The molecule has 2 atom stereocenters. The summed E-state index contributed by atoms with van der Waals surface area (Å²) < 4.78 is 5.66. The van der Waals surface area contributed by atoms with E-state index in [0.717, 1.165) is 25.9 Å². The molecule has 2 aliphatic rings. The summed E-state index contributed by atoms with van der Waals surface area (Å²) in [6, 6.07) is 11.5. The Morgan fingerprint density at radius 2 is 2.10 bits per heavy atom. The van der Waals surface area contributed by atoms with Crippen molar-refractivity contribution in [3.8, 4) is 0 Å². The van der Waals surface area contributed by atoms with Crippen LogP contribution in [-0.2, 0) is 6.42 Å². The molecule has 1 aromatic carbocycles. The van der Waals surface area contributed by atoms with Crippen LogP contribution in [-0.4, -0.2) is 13.1 Å². The molecule has 1 aliphatic carbocycles. The van der Waals surface area contributed by atoms with Crippen LogP contribution in [0.25, 0.3) is 0 Å². The Kier molecular flexibility index (Phi) is 3.23. The maximum atomic E-state index is 5.82. The Hall–Kier alpha value is -1.74. The number of nitrogens with zero attached hydrogens (tertiary/aromatic N) is 1. The van der Waals surface area contributed by atoms with Gasteiger partial charge in [-0.3, -0.25) is 0 Å². The molecule has 0 bridgehead atoms. The molecule has 0 saturated heterocycles. The van der Waals surface area contributed by atoms with E-state index in [2.05, 4.69) is 35.2 Å². The number of benzene rings is 1. The molecule has 0 spiro atoms. The number of para-hydroxylation sites is 1. The predicted octanol–water partition coefficient (Wildman–Crippen LogP) is 3.61. The van der Waals surface area contributed by atoms with Crippen molar-refractivity contribution in [2.24, 2.45) is 5.73 Å². The number of anilines is 1. The van der Waals surface area contributed by atoms with E-state index >= 15 is 0 Å². The first-order chi connectivity index (χ1) is 10.4. The second-order valence-corrected chi connectivity index (χ2v) is 6.19. The molecule has 2 N–H and O–H groups in total. The molecule has 2 unspecified atom stereocenters. The normalized spacial score (nSPS) is 24.0. The maximum absolute atomic E-state index is 5.82. The number of hydrogen-bond donors (Lipinski definition) is 1. The van der Waals surface area contributed by atoms with E-state index in [-0.39, 0.29) is 0 Å². The van der Waals surface area contributed by atoms with E-state index in [9.17, 15) is 0 Å². The van der Waals surface area contributed by atoms with Crippen LogP contribution in [0.2, 0.25) is 0 Å². The highest BCUT2D eigenvalue weighted by Gasteiger charge is 2.35. The van der Waals surface area contributed by atoms with E-state index in [4.69, 9.17) is 10.2 Å². The molecular formula is C18H22N2O. The lowest BCUT2D eigenvalue weighted by atomic mass is 9.92. The summed E-state index contributed by atoms with van der Waals surface area (Å²) in [6.45, 7) is 1.85. The fraction of sp³-hybridized carbons (Fsp3) is 0.444. The largest absolute Gasteiger partial charge is 0.469 e. The lowest BCUT2D eigenvalue weighted by Crippen LogP contribution is -2.30. The van der Waals surface area contributed by atoms with Crippen molar-refractivity contribution < 1.29 is 4.42 Å². The first-order valence-corrected chi connectivity index (χ1v) is 8.00. The molecular weight excluding hydrogens is 260 g/mol. The summed E-state index contributed by atoms with van der Waals surface area (Å²) in [7, 11) is 0. The molecule has 2 heterocycles. The highest BCUT2D eigenvalue weighted by atomic mass is 16.3. The minimum absolute atomic E-state index is 0.469. The second kappa shape index (κ2) is 5.23. The van der Waals surface area contributed by atoms with Gasteiger partial charge in [-0.15, -0.1) is 0 Å². The van der Waals surface area contributed by atoms with Crippen LogP contribution in [0.1, 0.15) is 48.1 Å². The van der Waals surface area contributed by atoms with E-state index < -0.39 is 0 Å². The highest BCUT2D eigenvalue weighted by molar-refractivity contribution is 5.62. The molecule has 1 aliphatic heterocycles. The van der Waals surface area contributed by atoms with Crippen LogP contribution >= 0.6 is 0 Å². The monoisotopic (exact) mass is 282 g/mol. The van der Waals surface area contributed by atoms with Gasteiger partial charge in [0, 0.05) is 30.1 Å². The second-order valence-electron chi connectivity index (χ2n) is 6.19. The molecule has 3 heteroatoms. The van der Waals surface area contributed by atoms with Crippen molar-refractivity contribution in [3.63, 3.8) is 0 Å². The van der Waals surface area contributed by atoms with Gasteiger partial charge in [0.2, 0.25) is 0 Å². The van der Waals surface area contributed by atoms with Gasteiger partial charge in [-0.05, 0) is 43.5 Å². The van der Waals surface area contributed by atoms with E-state index in [1.807, 2.05) is 6.26 Å². The van der Waals surface area contributed by atoms with Gasteiger partial charge in [-0.1, -0.05) is 18.2 Å². The fourth-order valence-corrected chi connectivity index (χ4v) is 4.06. The molecule has 1 aromatic heterocycles. The smallest absolute Gasteiger partial charge is 0.109 e. The molecule has 2 aromatic rings. The molecule has 4 rings (SSSR count).